The molecule has 4 aromatic rings. The minimum Gasteiger partial charge on any atom is -0.507 e. The van der Waals surface area contributed by atoms with Gasteiger partial charge in [-0.25, -0.2) is 9.37 Å². The zero-order valence-electron chi connectivity index (χ0n) is 20.4. The fourth-order valence-corrected chi connectivity index (χ4v) is 4.91. The van der Waals surface area contributed by atoms with Gasteiger partial charge in [0, 0.05) is 35.3 Å². The van der Waals surface area contributed by atoms with Crippen LogP contribution in [0.2, 0.25) is 0 Å². The summed E-state index contributed by atoms with van der Waals surface area (Å²) in [5.74, 6) is -1.68. The van der Waals surface area contributed by atoms with Crippen LogP contribution in [0.5, 0.6) is 5.75 Å². The van der Waals surface area contributed by atoms with Gasteiger partial charge in [0.1, 0.15) is 23.2 Å². The Balaban J connectivity index is 0.00000353. The molecule has 1 aliphatic heterocycles. The summed E-state index contributed by atoms with van der Waals surface area (Å²) in [4.78, 5) is 30.6. The second kappa shape index (κ2) is 12.0. The van der Waals surface area contributed by atoms with E-state index in [-0.39, 0.29) is 52.7 Å². The number of phenols is 1. The molecule has 2 aromatic heterocycles. The van der Waals surface area contributed by atoms with Gasteiger partial charge in [-0.2, -0.15) is 5.26 Å². The van der Waals surface area contributed by atoms with Crippen molar-refractivity contribution in [2.45, 2.75) is 12.5 Å². The molecular formula is C28H23ClFN5O3S. The fourth-order valence-electron chi connectivity index (χ4n) is 4.29. The monoisotopic (exact) mass is 563 g/mol. The van der Waals surface area contributed by atoms with Crippen LogP contribution in [0.25, 0.3) is 22.4 Å². The number of amides is 2. The number of thiophene rings is 1. The van der Waals surface area contributed by atoms with Crippen molar-refractivity contribution in [3.63, 3.8) is 0 Å². The molecule has 1 unspecified atom stereocenters. The van der Waals surface area contributed by atoms with Crippen LogP contribution in [0.3, 0.4) is 0 Å². The maximum absolute atomic E-state index is 13.7. The number of nitriles is 1. The van der Waals surface area contributed by atoms with E-state index in [1.165, 1.54) is 23.5 Å². The van der Waals surface area contributed by atoms with Crippen molar-refractivity contribution in [3.05, 3.63) is 87.9 Å². The van der Waals surface area contributed by atoms with Gasteiger partial charge in [-0.1, -0.05) is 18.2 Å². The van der Waals surface area contributed by atoms with Crippen LogP contribution in [0.4, 0.5) is 10.2 Å². The van der Waals surface area contributed by atoms with E-state index >= 15 is 0 Å². The number of nitrogens with zero attached hydrogens (tertiary/aromatic N) is 2. The molecule has 0 saturated carbocycles. The van der Waals surface area contributed by atoms with E-state index in [0.717, 1.165) is 19.0 Å². The first-order chi connectivity index (χ1) is 18.4. The van der Waals surface area contributed by atoms with Gasteiger partial charge in [-0.05, 0) is 60.3 Å². The highest BCUT2D eigenvalue weighted by atomic mass is 35.5. The number of nitrogens with one attached hydrogen (secondary N) is 3. The maximum Gasteiger partial charge on any atom is 0.266 e. The Hall–Kier alpha value is -4.30. The lowest BCUT2D eigenvalue weighted by Gasteiger charge is -2.15. The Morgan fingerprint density at radius 1 is 1.10 bits per heavy atom. The SMILES string of the molecule is Cl.N#Cc1c(-c2cccc(C(=O)NC3CCNC3)c2)cc(-c2ccc(F)cc2O)nc1NC(=O)c1cccs1. The van der Waals surface area contributed by atoms with Crippen molar-refractivity contribution < 1.29 is 19.1 Å². The number of aromatic hydroxyl groups is 1. The standard InChI is InChI=1S/C28H22FN5O3S.ClH/c29-18-6-7-20(24(35)12-18)23-13-21(22(14-30)26(33-23)34-28(37)25-5-2-10-38-25)16-3-1-4-17(11-16)27(36)32-19-8-9-31-15-19;/h1-7,10-13,19,31,35H,8-9,15H2,(H,32,36)(H,33,34,37);1H. The van der Waals surface area contributed by atoms with Crippen molar-refractivity contribution in [2.24, 2.45) is 0 Å². The van der Waals surface area contributed by atoms with Gasteiger partial charge in [0.15, 0.2) is 5.82 Å². The number of anilines is 1. The lowest BCUT2D eigenvalue weighted by Crippen LogP contribution is -2.36. The van der Waals surface area contributed by atoms with Gasteiger partial charge in [0.2, 0.25) is 0 Å². The molecule has 0 spiro atoms. The molecule has 1 aliphatic rings. The van der Waals surface area contributed by atoms with E-state index in [1.807, 2.05) is 0 Å². The number of phenolic OH excluding ortho intramolecular Hbond substituents is 1. The third kappa shape index (κ3) is 6.07. The largest absolute Gasteiger partial charge is 0.507 e. The van der Waals surface area contributed by atoms with Crippen LogP contribution in [-0.2, 0) is 0 Å². The molecule has 3 heterocycles. The smallest absolute Gasteiger partial charge is 0.266 e. The topological polar surface area (TPSA) is 127 Å². The van der Waals surface area contributed by atoms with Gasteiger partial charge < -0.3 is 21.1 Å². The first-order valence-corrected chi connectivity index (χ1v) is 12.7. The molecule has 2 amide bonds. The molecule has 4 N–H and O–H groups in total. The minimum atomic E-state index is -0.623. The summed E-state index contributed by atoms with van der Waals surface area (Å²) in [5, 5.41) is 31.2. The van der Waals surface area contributed by atoms with Crippen molar-refractivity contribution >= 4 is 41.4 Å². The summed E-state index contributed by atoms with van der Waals surface area (Å²) in [6.07, 6.45) is 0.839. The molecule has 8 nitrogen and oxygen atoms in total. The van der Waals surface area contributed by atoms with Gasteiger partial charge in [0.25, 0.3) is 11.8 Å². The van der Waals surface area contributed by atoms with E-state index in [2.05, 4.69) is 27.0 Å². The summed E-state index contributed by atoms with van der Waals surface area (Å²) >= 11 is 1.23. The predicted octanol–water partition coefficient (Wildman–Crippen LogP) is 4.96. The van der Waals surface area contributed by atoms with Crippen molar-refractivity contribution in [2.75, 3.05) is 18.4 Å². The molecule has 11 heteroatoms. The highest BCUT2D eigenvalue weighted by Gasteiger charge is 2.21. The number of halogens is 2. The number of rotatable bonds is 6. The number of hydrogen-bond donors (Lipinski definition) is 4. The molecule has 1 fully saturated rings. The lowest BCUT2D eigenvalue weighted by molar-refractivity contribution is 0.0939. The van der Waals surface area contributed by atoms with Crippen molar-refractivity contribution in [3.8, 4) is 34.2 Å². The summed E-state index contributed by atoms with van der Waals surface area (Å²) < 4.78 is 13.7. The Bertz CT molecular complexity index is 1570. The molecule has 0 bridgehead atoms. The van der Waals surface area contributed by atoms with Crippen LogP contribution < -0.4 is 16.0 Å². The summed E-state index contributed by atoms with van der Waals surface area (Å²) in [5.41, 5.74) is 1.84. The maximum atomic E-state index is 13.7. The first-order valence-electron chi connectivity index (χ1n) is 11.8. The number of benzene rings is 2. The Morgan fingerprint density at radius 2 is 1.95 bits per heavy atom. The molecule has 1 atom stereocenters. The van der Waals surface area contributed by atoms with Crippen LogP contribution in [-0.4, -0.2) is 41.0 Å². The fraction of sp³-hybridized carbons (Fsp3) is 0.143. The van der Waals surface area contributed by atoms with E-state index in [1.54, 1.807) is 47.8 Å². The number of carbonyl (C=O) groups excluding carboxylic acids is 2. The molecular weight excluding hydrogens is 541 g/mol. The highest BCUT2D eigenvalue weighted by molar-refractivity contribution is 7.12. The van der Waals surface area contributed by atoms with Gasteiger partial charge in [0.05, 0.1) is 10.6 Å². The molecule has 0 aliphatic carbocycles. The third-order valence-electron chi connectivity index (χ3n) is 6.18. The van der Waals surface area contributed by atoms with Crippen LogP contribution >= 0.6 is 23.7 Å². The lowest BCUT2D eigenvalue weighted by atomic mass is 9.96. The van der Waals surface area contributed by atoms with Crippen LogP contribution in [0.1, 0.15) is 32.0 Å². The number of hydrogen-bond acceptors (Lipinski definition) is 7. The van der Waals surface area contributed by atoms with Crippen molar-refractivity contribution in [1.29, 1.82) is 5.26 Å². The average molecular weight is 564 g/mol. The third-order valence-corrected chi connectivity index (χ3v) is 7.04. The first kappa shape index (κ1) is 27.7. The zero-order chi connectivity index (χ0) is 26.6. The normalized spacial score (nSPS) is 14.2. The van der Waals surface area contributed by atoms with E-state index < -0.39 is 11.7 Å². The minimum absolute atomic E-state index is 0. The van der Waals surface area contributed by atoms with E-state index in [4.69, 9.17) is 0 Å². The summed E-state index contributed by atoms with van der Waals surface area (Å²) in [6.45, 7) is 1.54. The zero-order valence-corrected chi connectivity index (χ0v) is 22.0. The molecule has 39 heavy (non-hydrogen) atoms. The molecule has 198 valence electrons. The Kier molecular flexibility index (Phi) is 8.56. The van der Waals surface area contributed by atoms with E-state index in [9.17, 15) is 24.3 Å². The number of pyridine rings is 1. The van der Waals surface area contributed by atoms with Crippen molar-refractivity contribution in [1.82, 2.24) is 15.6 Å². The molecule has 2 aromatic carbocycles. The summed E-state index contributed by atoms with van der Waals surface area (Å²) in [6, 6.07) is 17.4. The van der Waals surface area contributed by atoms with Crippen LogP contribution in [0.15, 0.2) is 66.0 Å². The quantitative estimate of drug-likeness (QED) is 0.263. The van der Waals surface area contributed by atoms with Gasteiger partial charge >= 0.3 is 0 Å². The average Bonchev–Trinajstić information content (AvgIpc) is 3.63. The number of aromatic nitrogens is 1. The molecule has 5 rings (SSSR count). The molecule has 1 saturated heterocycles. The Labute approximate surface area is 233 Å². The molecule has 0 radical (unpaired) electrons. The summed E-state index contributed by atoms with van der Waals surface area (Å²) in [7, 11) is 0. The van der Waals surface area contributed by atoms with E-state index in [0.29, 0.717) is 28.1 Å². The van der Waals surface area contributed by atoms with Gasteiger partial charge in [-0.3, -0.25) is 9.59 Å². The number of carbonyl (C=O) groups is 2. The second-order valence-electron chi connectivity index (χ2n) is 8.73. The Morgan fingerprint density at radius 3 is 2.64 bits per heavy atom. The van der Waals surface area contributed by atoms with Gasteiger partial charge in [-0.15, -0.1) is 23.7 Å². The highest BCUT2D eigenvalue weighted by Crippen LogP contribution is 2.36. The second-order valence-corrected chi connectivity index (χ2v) is 9.68. The van der Waals surface area contributed by atoms with Crippen LogP contribution in [0, 0.1) is 17.1 Å². The predicted molar refractivity (Wildman–Crippen MR) is 150 cm³/mol.